The van der Waals surface area contributed by atoms with Crippen LogP contribution in [0.1, 0.15) is 10.6 Å². The van der Waals surface area contributed by atoms with Crippen molar-refractivity contribution < 1.29 is 19.1 Å². The van der Waals surface area contributed by atoms with Crippen molar-refractivity contribution in [3.63, 3.8) is 0 Å². The zero-order chi connectivity index (χ0) is 20.4. The van der Waals surface area contributed by atoms with Gasteiger partial charge in [-0.25, -0.2) is 4.79 Å². The second-order valence-electron chi connectivity index (χ2n) is 5.82. The molecule has 1 aliphatic rings. The fourth-order valence-corrected chi connectivity index (χ4v) is 3.95. The van der Waals surface area contributed by atoms with Crippen LogP contribution in [0.3, 0.4) is 0 Å². The highest BCUT2D eigenvalue weighted by Crippen LogP contribution is 2.32. The minimum atomic E-state index is -0.826. The molecule has 2 aromatic heterocycles. The predicted octanol–water partition coefficient (Wildman–Crippen LogP) is 0.925. The smallest absolute Gasteiger partial charge is 0.330 e. The lowest BCUT2D eigenvalue weighted by Crippen LogP contribution is -2.38. The van der Waals surface area contributed by atoms with E-state index in [0.717, 1.165) is 26.1 Å². The summed E-state index contributed by atoms with van der Waals surface area (Å²) < 4.78 is 7.14. The van der Waals surface area contributed by atoms with Crippen molar-refractivity contribution in [3.05, 3.63) is 59.9 Å². The molecule has 146 valence electrons. The van der Waals surface area contributed by atoms with Crippen molar-refractivity contribution in [2.45, 2.75) is 6.61 Å². The van der Waals surface area contributed by atoms with E-state index in [0.29, 0.717) is 0 Å². The van der Waals surface area contributed by atoms with Gasteiger partial charge in [-0.15, -0.1) is 11.3 Å². The molecule has 0 aliphatic carbocycles. The van der Waals surface area contributed by atoms with Gasteiger partial charge in [-0.05, 0) is 29.3 Å². The van der Waals surface area contributed by atoms with E-state index in [2.05, 4.69) is 0 Å². The number of hydrogen-bond acceptors (Lipinski definition) is 8. The van der Waals surface area contributed by atoms with Gasteiger partial charge in [0, 0.05) is 25.0 Å². The molecule has 1 aliphatic heterocycles. The Balaban J connectivity index is 1.66. The monoisotopic (exact) mass is 421 g/mol. The first-order valence-electron chi connectivity index (χ1n) is 7.98. The molecule has 3 rings (SSSR count). The summed E-state index contributed by atoms with van der Waals surface area (Å²) >= 11 is 2.17. The van der Waals surface area contributed by atoms with Crippen molar-refractivity contribution in [2.75, 3.05) is 6.54 Å². The van der Waals surface area contributed by atoms with Gasteiger partial charge in [0.05, 0.1) is 10.6 Å². The molecule has 0 unspecified atom stereocenters. The van der Waals surface area contributed by atoms with E-state index < -0.39 is 34.9 Å². The molecule has 11 heteroatoms. The van der Waals surface area contributed by atoms with Gasteiger partial charge in [-0.2, -0.15) is 0 Å². The lowest BCUT2D eigenvalue weighted by atomic mass is 10.3. The lowest BCUT2D eigenvalue weighted by Gasteiger charge is -2.13. The predicted molar refractivity (Wildman–Crippen MR) is 104 cm³/mol. The van der Waals surface area contributed by atoms with Crippen molar-refractivity contribution in [1.82, 2.24) is 14.0 Å². The molecule has 0 spiro atoms. The van der Waals surface area contributed by atoms with Gasteiger partial charge in [0.15, 0.2) is 0 Å². The third kappa shape index (κ3) is 3.99. The Morgan fingerprint density at radius 2 is 1.93 bits per heavy atom. The lowest BCUT2D eigenvalue weighted by molar-refractivity contribution is -0.147. The Morgan fingerprint density at radius 1 is 1.18 bits per heavy atom. The SMILES string of the molecule is Cn1c(COC(=O)CN2C(=O)S/C(=C/c3cccs3)C2=O)cc(=O)n(C)c1=O. The van der Waals surface area contributed by atoms with Crippen molar-refractivity contribution in [1.29, 1.82) is 0 Å². The molecule has 1 saturated heterocycles. The van der Waals surface area contributed by atoms with E-state index in [4.69, 9.17) is 4.74 Å². The summed E-state index contributed by atoms with van der Waals surface area (Å²) in [5.41, 5.74) is -0.879. The first-order chi connectivity index (χ1) is 13.3. The van der Waals surface area contributed by atoms with Crippen LogP contribution in [0.4, 0.5) is 4.79 Å². The zero-order valence-corrected chi connectivity index (χ0v) is 16.5. The number of rotatable bonds is 5. The second-order valence-corrected chi connectivity index (χ2v) is 7.79. The number of hydrogen-bond donors (Lipinski definition) is 0. The molecule has 0 radical (unpaired) electrons. The molecular formula is C17H15N3O6S2. The molecule has 2 amide bonds. The Bertz CT molecular complexity index is 1100. The highest BCUT2D eigenvalue weighted by molar-refractivity contribution is 8.18. The first-order valence-corrected chi connectivity index (χ1v) is 9.68. The van der Waals surface area contributed by atoms with Crippen LogP contribution in [-0.4, -0.2) is 37.7 Å². The standard InChI is InChI=1S/C17H15N3O6S2/c1-18-10(6-13(21)19(2)16(18)24)9-26-14(22)8-20-15(23)12(28-17(20)25)7-11-4-3-5-27-11/h3-7H,8-9H2,1-2H3/b12-7+. The molecule has 0 saturated carbocycles. The van der Waals surface area contributed by atoms with Crippen molar-refractivity contribution >= 4 is 46.3 Å². The largest absolute Gasteiger partial charge is 0.458 e. The van der Waals surface area contributed by atoms with Crippen LogP contribution >= 0.6 is 23.1 Å². The Hall–Kier alpha value is -2.92. The van der Waals surface area contributed by atoms with Crippen molar-refractivity contribution in [3.8, 4) is 0 Å². The van der Waals surface area contributed by atoms with Crippen LogP contribution < -0.4 is 11.2 Å². The van der Waals surface area contributed by atoms with Crippen LogP contribution in [-0.2, 0) is 35.0 Å². The third-order valence-corrected chi connectivity index (χ3v) is 5.71. The molecule has 0 aromatic carbocycles. The number of carbonyl (C=O) groups is 3. The number of nitrogens with zero attached hydrogens (tertiary/aromatic N) is 3. The number of imide groups is 1. The van der Waals surface area contributed by atoms with Crippen LogP contribution in [0, 0.1) is 0 Å². The van der Waals surface area contributed by atoms with E-state index >= 15 is 0 Å². The Labute approximate surface area is 166 Å². The average Bonchev–Trinajstić information content (AvgIpc) is 3.26. The average molecular weight is 421 g/mol. The molecule has 3 heterocycles. The van der Waals surface area contributed by atoms with Gasteiger partial charge in [0.25, 0.3) is 16.7 Å². The molecule has 1 fully saturated rings. The molecule has 2 aromatic rings. The quantitative estimate of drug-likeness (QED) is 0.522. The molecule has 28 heavy (non-hydrogen) atoms. The normalized spacial score (nSPS) is 15.5. The number of thiophene rings is 1. The highest BCUT2D eigenvalue weighted by atomic mass is 32.2. The molecule has 0 atom stereocenters. The third-order valence-electron chi connectivity index (χ3n) is 3.98. The Morgan fingerprint density at radius 3 is 2.61 bits per heavy atom. The van der Waals surface area contributed by atoms with E-state index in [1.54, 1.807) is 12.1 Å². The van der Waals surface area contributed by atoms with Gasteiger partial charge in [0.1, 0.15) is 13.2 Å². The minimum absolute atomic E-state index is 0.202. The number of thioether (sulfide) groups is 1. The van der Waals surface area contributed by atoms with E-state index in [1.807, 2.05) is 11.4 Å². The maximum atomic E-state index is 12.4. The van der Waals surface area contributed by atoms with Crippen LogP contribution in [0.15, 0.2) is 38.1 Å². The first kappa shape index (κ1) is 19.8. The number of carbonyl (C=O) groups excluding carboxylic acids is 3. The van der Waals surface area contributed by atoms with E-state index in [9.17, 15) is 24.0 Å². The van der Waals surface area contributed by atoms with Gasteiger partial charge in [-0.1, -0.05) is 6.07 Å². The summed E-state index contributed by atoms with van der Waals surface area (Å²) in [7, 11) is 2.78. The van der Waals surface area contributed by atoms with Crippen molar-refractivity contribution in [2.24, 2.45) is 14.1 Å². The molecule has 0 N–H and O–H groups in total. The minimum Gasteiger partial charge on any atom is -0.458 e. The maximum absolute atomic E-state index is 12.4. The summed E-state index contributed by atoms with van der Waals surface area (Å²) in [5, 5.41) is 1.28. The van der Waals surface area contributed by atoms with Crippen LogP contribution in [0.2, 0.25) is 0 Å². The van der Waals surface area contributed by atoms with Gasteiger partial charge >= 0.3 is 11.7 Å². The number of ether oxygens (including phenoxy) is 1. The zero-order valence-electron chi connectivity index (χ0n) is 14.9. The van der Waals surface area contributed by atoms with Crippen LogP contribution in [0.5, 0.6) is 0 Å². The van der Waals surface area contributed by atoms with E-state index in [1.165, 1.54) is 36.1 Å². The summed E-state index contributed by atoms with van der Waals surface area (Å²) in [5.74, 6) is -1.39. The highest BCUT2D eigenvalue weighted by Gasteiger charge is 2.36. The molecular weight excluding hydrogens is 406 g/mol. The molecule has 9 nitrogen and oxygen atoms in total. The van der Waals surface area contributed by atoms with Crippen LogP contribution in [0.25, 0.3) is 6.08 Å². The van der Waals surface area contributed by atoms with Gasteiger partial charge < -0.3 is 4.74 Å². The fourth-order valence-electron chi connectivity index (χ4n) is 2.38. The Kier molecular flexibility index (Phi) is 5.66. The topological polar surface area (TPSA) is 108 Å². The summed E-state index contributed by atoms with van der Waals surface area (Å²) in [4.78, 5) is 61.9. The van der Waals surface area contributed by atoms with Gasteiger partial charge in [-0.3, -0.25) is 33.2 Å². The second kappa shape index (κ2) is 7.98. The number of aromatic nitrogens is 2. The summed E-state index contributed by atoms with van der Waals surface area (Å²) in [6.07, 6.45) is 1.59. The fraction of sp³-hybridized carbons (Fsp3) is 0.235. The number of amides is 2. The van der Waals surface area contributed by atoms with E-state index in [-0.39, 0.29) is 17.2 Å². The van der Waals surface area contributed by atoms with Gasteiger partial charge in [0.2, 0.25) is 0 Å². The maximum Gasteiger partial charge on any atom is 0.330 e. The number of esters is 1. The summed E-state index contributed by atoms with van der Waals surface area (Å²) in [6, 6.07) is 4.81. The molecule has 0 bridgehead atoms. The summed E-state index contributed by atoms with van der Waals surface area (Å²) in [6.45, 7) is -0.882.